The molecule has 0 amide bonds. The Morgan fingerprint density at radius 3 is 2.63 bits per heavy atom. The molecule has 1 fully saturated rings. The van der Waals surface area contributed by atoms with Crippen molar-refractivity contribution in [2.45, 2.75) is 15.9 Å². The van der Waals surface area contributed by atoms with Gasteiger partial charge >= 0.3 is 0 Å². The quantitative estimate of drug-likeness (QED) is 0.515. The Morgan fingerprint density at radius 1 is 1.05 bits per heavy atom. The molecule has 0 radical (unpaired) electrons. The van der Waals surface area contributed by atoms with E-state index in [1.54, 1.807) is 0 Å². The molecule has 3 nitrogen and oxygen atoms in total. The lowest BCUT2D eigenvalue weighted by atomic mass is 10.1. The largest absolute Gasteiger partial charge is 0.228 e. The van der Waals surface area contributed by atoms with Gasteiger partial charge in [0.05, 0.1) is 5.52 Å². The summed E-state index contributed by atoms with van der Waals surface area (Å²) in [7, 11) is 0. The van der Waals surface area contributed by atoms with E-state index in [2.05, 4.69) is 74.0 Å². The van der Waals surface area contributed by atoms with E-state index in [0.29, 0.717) is 5.92 Å². The van der Waals surface area contributed by atoms with Crippen LogP contribution in [0.1, 0.15) is 17.9 Å². The molecule has 1 saturated carbocycles. The zero-order valence-corrected chi connectivity index (χ0v) is 12.4. The summed E-state index contributed by atoms with van der Waals surface area (Å²) in [6, 6.07) is 18.8. The number of fused-ring (bicyclic) bond motifs is 1. The molecule has 0 bridgehead atoms. The summed E-state index contributed by atoms with van der Waals surface area (Å²) in [6.45, 7) is 0. The molecule has 0 aliphatic heterocycles. The first kappa shape index (κ1) is 11.4. The van der Waals surface area contributed by atoms with Crippen LogP contribution in [0, 0.1) is 0 Å². The van der Waals surface area contributed by atoms with E-state index in [9.17, 15) is 0 Å². The van der Waals surface area contributed by atoms with Crippen LogP contribution in [0.15, 0.2) is 54.6 Å². The number of hydrogen-bond acceptors (Lipinski definition) is 2. The molecule has 4 rings (SSSR count). The minimum atomic E-state index is 0.0369. The highest BCUT2D eigenvalue weighted by atomic mass is 127. The van der Waals surface area contributed by atoms with Crippen molar-refractivity contribution >= 4 is 33.6 Å². The van der Waals surface area contributed by atoms with Crippen LogP contribution < -0.4 is 0 Å². The van der Waals surface area contributed by atoms with Crippen molar-refractivity contribution in [1.29, 1.82) is 0 Å². The first-order valence-corrected chi connectivity index (χ1v) is 7.42. The fourth-order valence-electron chi connectivity index (χ4n) is 2.66. The van der Waals surface area contributed by atoms with Gasteiger partial charge in [0.2, 0.25) is 0 Å². The number of hydrogen-bond donors (Lipinski definition) is 0. The molecule has 0 N–H and O–H groups in total. The Hall–Kier alpha value is -1.43. The zero-order chi connectivity index (χ0) is 12.9. The Bertz CT molecular complexity index is 737. The third-order valence-corrected chi connectivity index (χ3v) is 5.42. The van der Waals surface area contributed by atoms with E-state index < -0.39 is 0 Å². The van der Waals surface area contributed by atoms with E-state index in [0.717, 1.165) is 17.5 Å². The van der Waals surface area contributed by atoms with Crippen LogP contribution >= 0.6 is 22.6 Å². The molecule has 1 heterocycles. The average molecular weight is 361 g/mol. The zero-order valence-electron chi connectivity index (χ0n) is 10.2. The fraction of sp³-hybridized carbons (Fsp3) is 0.200. The summed E-state index contributed by atoms with van der Waals surface area (Å²) in [6.07, 6.45) is 1.12. The van der Waals surface area contributed by atoms with Crippen LogP contribution in [0.3, 0.4) is 0 Å². The second kappa shape index (κ2) is 4.03. The number of halogens is 1. The number of nitrogens with zero attached hydrogens (tertiary/aromatic N) is 3. The van der Waals surface area contributed by atoms with Crippen molar-refractivity contribution in [2.24, 2.45) is 0 Å². The van der Waals surface area contributed by atoms with Crippen LogP contribution in [0.2, 0.25) is 0 Å². The number of alkyl halides is 1. The minimum absolute atomic E-state index is 0.0369. The first-order chi connectivity index (χ1) is 9.29. The van der Waals surface area contributed by atoms with Crippen molar-refractivity contribution in [2.75, 3.05) is 0 Å². The van der Waals surface area contributed by atoms with Gasteiger partial charge in [0.1, 0.15) is 9.06 Å². The highest BCUT2D eigenvalue weighted by Crippen LogP contribution is 2.62. The lowest BCUT2D eigenvalue weighted by Gasteiger charge is -2.11. The number of rotatable bonds is 2. The van der Waals surface area contributed by atoms with Crippen molar-refractivity contribution in [3.63, 3.8) is 0 Å². The van der Waals surface area contributed by atoms with Gasteiger partial charge < -0.3 is 0 Å². The molecule has 19 heavy (non-hydrogen) atoms. The normalized spacial score (nSPS) is 25.6. The summed E-state index contributed by atoms with van der Waals surface area (Å²) < 4.78 is 2.12. The van der Waals surface area contributed by atoms with Crippen LogP contribution in [0.4, 0.5) is 0 Å². The maximum absolute atomic E-state index is 4.36. The van der Waals surface area contributed by atoms with Gasteiger partial charge in [0, 0.05) is 5.92 Å². The van der Waals surface area contributed by atoms with Crippen molar-refractivity contribution in [1.82, 2.24) is 15.0 Å². The van der Waals surface area contributed by atoms with Crippen molar-refractivity contribution in [3.05, 3.63) is 60.2 Å². The van der Waals surface area contributed by atoms with E-state index in [1.807, 2.05) is 18.2 Å². The maximum Gasteiger partial charge on any atom is 0.123 e. The van der Waals surface area contributed by atoms with Crippen LogP contribution in [0.5, 0.6) is 0 Å². The Kier molecular flexibility index (Phi) is 2.42. The third kappa shape index (κ3) is 1.69. The molecule has 3 aromatic rings. The summed E-state index contributed by atoms with van der Waals surface area (Å²) >= 11 is 2.52. The van der Waals surface area contributed by atoms with Gasteiger partial charge in [-0.2, -0.15) is 0 Å². The molecule has 0 spiro atoms. The Balaban J connectivity index is 1.78. The molecule has 4 heteroatoms. The monoisotopic (exact) mass is 361 g/mol. The SMILES string of the molecule is IC1(n2nnc3ccccc32)CC1c1ccccc1. The number of para-hydroxylation sites is 1. The van der Waals surface area contributed by atoms with Crippen molar-refractivity contribution < 1.29 is 0 Å². The summed E-state index contributed by atoms with van der Waals surface area (Å²) in [5.41, 5.74) is 3.48. The molecular formula is C15H12IN3. The lowest BCUT2D eigenvalue weighted by molar-refractivity contribution is 0.594. The fourth-order valence-corrected chi connectivity index (χ4v) is 3.82. The van der Waals surface area contributed by atoms with E-state index in [4.69, 9.17) is 0 Å². The predicted octanol–water partition coefficient (Wildman–Crippen LogP) is 3.71. The second-order valence-corrected chi connectivity index (χ2v) is 6.84. The number of aromatic nitrogens is 3. The minimum Gasteiger partial charge on any atom is -0.228 e. The van der Waals surface area contributed by atoms with Crippen LogP contribution in [-0.2, 0) is 3.55 Å². The summed E-state index contributed by atoms with van der Waals surface area (Å²) in [5, 5.41) is 8.63. The molecule has 2 atom stereocenters. The Labute approximate surface area is 124 Å². The van der Waals surface area contributed by atoms with Gasteiger partial charge in [-0.3, -0.25) is 0 Å². The highest BCUT2D eigenvalue weighted by Gasteiger charge is 2.56. The van der Waals surface area contributed by atoms with Gasteiger partial charge in [0.25, 0.3) is 0 Å². The van der Waals surface area contributed by atoms with Gasteiger partial charge in [-0.15, -0.1) is 5.10 Å². The molecule has 0 saturated heterocycles. The van der Waals surface area contributed by atoms with Gasteiger partial charge in [0.15, 0.2) is 0 Å². The third-order valence-electron chi connectivity index (χ3n) is 3.77. The van der Waals surface area contributed by atoms with E-state index in [1.165, 1.54) is 5.56 Å². The van der Waals surface area contributed by atoms with E-state index in [-0.39, 0.29) is 3.55 Å². The Morgan fingerprint density at radius 2 is 1.79 bits per heavy atom. The summed E-state index contributed by atoms with van der Waals surface area (Å²) in [4.78, 5) is 0. The summed E-state index contributed by atoms with van der Waals surface area (Å²) in [5.74, 6) is 0.527. The average Bonchev–Trinajstić information content (AvgIpc) is 2.97. The van der Waals surface area contributed by atoms with Crippen LogP contribution in [0.25, 0.3) is 11.0 Å². The molecular weight excluding hydrogens is 349 g/mol. The lowest BCUT2D eigenvalue weighted by Crippen LogP contribution is -2.13. The second-order valence-electron chi connectivity index (χ2n) is 4.98. The predicted molar refractivity (Wildman–Crippen MR) is 83.3 cm³/mol. The topological polar surface area (TPSA) is 30.7 Å². The van der Waals surface area contributed by atoms with Gasteiger partial charge in [-0.25, -0.2) is 4.68 Å². The molecule has 2 unspecified atom stereocenters. The van der Waals surface area contributed by atoms with Gasteiger partial charge in [-0.05, 0) is 24.1 Å². The smallest absolute Gasteiger partial charge is 0.123 e. The van der Waals surface area contributed by atoms with Crippen molar-refractivity contribution in [3.8, 4) is 0 Å². The first-order valence-electron chi connectivity index (χ1n) is 6.34. The molecule has 1 aliphatic rings. The van der Waals surface area contributed by atoms with E-state index >= 15 is 0 Å². The molecule has 2 aromatic carbocycles. The standard InChI is InChI=1S/C15H12IN3/c16-15(10-12(15)11-6-2-1-3-7-11)19-14-9-5-4-8-13(14)17-18-19/h1-9,12H,10H2. The van der Waals surface area contributed by atoms with Crippen LogP contribution in [-0.4, -0.2) is 15.0 Å². The molecule has 94 valence electrons. The maximum atomic E-state index is 4.36. The molecule has 1 aliphatic carbocycles. The van der Waals surface area contributed by atoms with Gasteiger partial charge in [-0.1, -0.05) is 70.3 Å². The highest BCUT2D eigenvalue weighted by molar-refractivity contribution is 14.1. The number of benzene rings is 2. The molecule has 1 aromatic heterocycles.